The van der Waals surface area contributed by atoms with Crippen molar-refractivity contribution in [3.8, 4) is 5.75 Å². The molecule has 0 aliphatic rings. The number of methoxy groups -OCH3 is 1. The number of fused-ring (bicyclic) bond motifs is 4. The van der Waals surface area contributed by atoms with Gasteiger partial charge in [-0.05, 0) is 48.2 Å². The SMILES string of the molecule is COc1ccc2nc3c(C)c4cc[nH]c(C=NO)c4cc3c2c1. The summed E-state index contributed by atoms with van der Waals surface area (Å²) < 4.78 is 5.33. The first-order chi connectivity index (χ1) is 11.2. The van der Waals surface area contributed by atoms with Gasteiger partial charge in [-0.2, -0.15) is 0 Å². The molecule has 0 aliphatic carbocycles. The summed E-state index contributed by atoms with van der Waals surface area (Å²) in [5, 5.41) is 16.2. The molecule has 23 heavy (non-hydrogen) atoms. The predicted molar refractivity (Wildman–Crippen MR) is 91.8 cm³/mol. The van der Waals surface area contributed by atoms with Crippen LogP contribution >= 0.6 is 0 Å². The summed E-state index contributed by atoms with van der Waals surface area (Å²) in [4.78, 5) is 7.88. The molecule has 4 rings (SSSR count). The Labute approximate surface area is 132 Å². The van der Waals surface area contributed by atoms with Crippen LogP contribution in [-0.4, -0.2) is 28.5 Å². The van der Waals surface area contributed by atoms with Gasteiger partial charge in [-0.1, -0.05) is 5.16 Å². The summed E-state index contributed by atoms with van der Waals surface area (Å²) in [7, 11) is 1.66. The van der Waals surface area contributed by atoms with Crippen molar-refractivity contribution in [2.45, 2.75) is 6.92 Å². The predicted octanol–water partition coefficient (Wildman–Crippen LogP) is 3.99. The molecule has 2 N–H and O–H groups in total. The average Bonchev–Trinajstić information content (AvgIpc) is 2.94. The molecule has 5 nitrogen and oxygen atoms in total. The van der Waals surface area contributed by atoms with Crippen molar-refractivity contribution in [1.29, 1.82) is 0 Å². The van der Waals surface area contributed by atoms with Gasteiger partial charge in [0.05, 0.1) is 30.1 Å². The molecule has 0 bridgehead atoms. The number of hydrogen-bond acceptors (Lipinski definition) is 4. The number of hydrogen-bond donors (Lipinski definition) is 2. The smallest absolute Gasteiger partial charge is 0.119 e. The van der Waals surface area contributed by atoms with E-state index in [1.54, 1.807) is 7.11 Å². The Kier molecular flexibility index (Phi) is 2.94. The van der Waals surface area contributed by atoms with Crippen LogP contribution in [0.3, 0.4) is 0 Å². The van der Waals surface area contributed by atoms with E-state index in [0.717, 1.165) is 49.6 Å². The molecule has 0 atom stereocenters. The number of aromatic amines is 1. The molecule has 2 heterocycles. The van der Waals surface area contributed by atoms with Crippen molar-refractivity contribution in [3.63, 3.8) is 0 Å². The molecular weight excluding hydrogens is 290 g/mol. The second kappa shape index (κ2) is 4.98. The maximum absolute atomic E-state index is 8.88. The summed E-state index contributed by atoms with van der Waals surface area (Å²) >= 11 is 0. The number of benzene rings is 2. The third-order valence-electron chi connectivity index (χ3n) is 4.29. The molecule has 2 aromatic heterocycles. The van der Waals surface area contributed by atoms with E-state index in [9.17, 15) is 0 Å². The number of H-pyrrole nitrogens is 1. The molecule has 0 amide bonds. The van der Waals surface area contributed by atoms with E-state index >= 15 is 0 Å². The van der Waals surface area contributed by atoms with Gasteiger partial charge in [-0.15, -0.1) is 0 Å². The molecular formula is C18H15N3O2. The fourth-order valence-corrected chi connectivity index (χ4v) is 3.14. The Hall–Kier alpha value is -3.08. The first kappa shape index (κ1) is 13.6. The van der Waals surface area contributed by atoms with E-state index < -0.39 is 0 Å². The van der Waals surface area contributed by atoms with Crippen LogP contribution in [0.5, 0.6) is 5.75 Å². The van der Waals surface area contributed by atoms with Crippen LogP contribution in [0.15, 0.2) is 41.7 Å². The van der Waals surface area contributed by atoms with Gasteiger partial charge in [0.25, 0.3) is 0 Å². The molecule has 2 aromatic carbocycles. The summed E-state index contributed by atoms with van der Waals surface area (Å²) in [6, 6.07) is 9.99. The van der Waals surface area contributed by atoms with Crippen molar-refractivity contribution in [2.24, 2.45) is 5.16 Å². The number of nitrogens with one attached hydrogen (secondary N) is 1. The zero-order valence-corrected chi connectivity index (χ0v) is 12.8. The molecule has 5 heteroatoms. The monoisotopic (exact) mass is 305 g/mol. The maximum atomic E-state index is 8.88. The second-order valence-corrected chi connectivity index (χ2v) is 5.49. The molecule has 0 aliphatic heterocycles. The molecule has 0 radical (unpaired) electrons. The third kappa shape index (κ3) is 1.93. The highest BCUT2D eigenvalue weighted by atomic mass is 16.5. The number of rotatable bonds is 2. The summed E-state index contributed by atoms with van der Waals surface area (Å²) in [5.74, 6) is 0.807. The summed E-state index contributed by atoms with van der Waals surface area (Å²) in [6.07, 6.45) is 3.25. The molecule has 0 fully saturated rings. The average molecular weight is 305 g/mol. The number of oxime groups is 1. The van der Waals surface area contributed by atoms with Gasteiger partial charge < -0.3 is 14.9 Å². The van der Waals surface area contributed by atoms with Gasteiger partial charge in [-0.3, -0.25) is 0 Å². The van der Waals surface area contributed by atoms with E-state index in [2.05, 4.69) is 23.1 Å². The molecule has 4 aromatic rings. The lowest BCUT2D eigenvalue weighted by Crippen LogP contribution is -1.91. The largest absolute Gasteiger partial charge is 0.497 e. The van der Waals surface area contributed by atoms with Crippen LogP contribution in [-0.2, 0) is 0 Å². The van der Waals surface area contributed by atoms with Gasteiger partial charge >= 0.3 is 0 Å². The first-order valence-electron chi connectivity index (χ1n) is 7.28. The van der Waals surface area contributed by atoms with Crippen LogP contribution < -0.4 is 4.74 Å². The van der Waals surface area contributed by atoms with Gasteiger partial charge in [0, 0.05) is 22.4 Å². The Morgan fingerprint density at radius 2 is 2.00 bits per heavy atom. The number of aromatic nitrogens is 2. The summed E-state index contributed by atoms with van der Waals surface area (Å²) in [5.41, 5.74) is 3.79. The minimum absolute atomic E-state index is 0.757. The highest BCUT2D eigenvalue weighted by molar-refractivity contribution is 6.15. The number of nitrogens with zero attached hydrogens (tertiary/aromatic N) is 2. The lowest BCUT2D eigenvalue weighted by Gasteiger charge is -2.07. The number of aryl methyl sites for hydroxylation is 1. The van der Waals surface area contributed by atoms with E-state index in [-0.39, 0.29) is 0 Å². The minimum atomic E-state index is 0.757. The number of ether oxygens (including phenoxy) is 1. The van der Waals surface area contributed by atoms with Crippen molar-refractivity contribution >= 4 is 38.8 Å². The maximum Gasteiger partial charge on any atom is 0.119 e. The highest BCUT2D eigenvalue weighted by Crippen LogP contribution is 2.34. The van der Waals surface area contributed by atoms with Crippen molar-refractivity contribution < 1.29 is 9.94 Å². The van der Waals surface area contributed by atoms with Crippen LogP contribution in [0.2, 0.25) is 0 Å². The van der Waals surface area contributed by atoms with Crippen LogP contribution in [0, 0.1) is 6.92 Å². The Balaban J connectivity index is 2.19. The highest BCUT2D eigenvalue weighted by Gasteiger charge is 2.13. The van der Waals surface area contributed by atoms with E-state index in [1.807, 2.05) is 30.5 Å². The van der Waals surface area contributed by atoms with Gasteiger partial charge in [0.15, 0.2) is 0 Å². The second-order valence-electron chi connectivity index (χ2n) is 5.49. The molecule has 0 spiro atoms. The van der Waals surface area contributed by atoms with Crippen molar-refractivity contribution in [3.05, 3.63) is 47.8 Å². The Morgan fingerprint density at radius 3 is 2.78 bits per heavy atom. The van der Waals surface area contributed by atoms with Crippen LogP contribution in [0.25, 0.3) is 32.6 Å². The van der Waals surface area contributed by atoms with E-state index in [4.69, 9.17) is 14.9 Å². The minimum Gasteiger partial charge on any atom is -0.497 e. The molecule has 114 valence electrons. The van der Waals surface area contributed by atoms with Crippen molar-refractivity contribution in [1.82, 2.24) is 9.97 Å². The zero-order chi connectivity index (χ0) is 16.0. The quantitative estimate of drug-likeness (QED) is 0.334. The van der Waals surface area contributed by atoms with Gasteiger partial charge in [0.2, 0.25) is 0 Å². The Morgan fingerprint density at radius 1 is 1.13 bits per heavy atom. The standard InChI is InChI=1S/C18H15N3O2/c1-10-12-5-6-19-17(9-20-22)14(12)8-15-13-7-11(23-2)3-4-16(13)21-18(10)15/h3-9,19,22H,1-2H3. The first-order valence-corrected chi connectivity index (χ1v) is 7.28. The fourth-order valence-electron chi connectivity index (χ4n) is 3.14. The Bertz CT molecular complexity index is 1080. The van der Waals surface area contributed by atoms with Crippen LogP contribution in [0.1, 0.15) is 11.3 Å². The molecule has 0 unspecified atom stereocenters. The fraction of sp³-hybridized carbons (Fsp3) is 0.111. The van der Waals surface area contributed by atoms with E-state index in [1.165, 1.54) is 6.21 Å². The third-order valence-corrected chi connectivity index (χ3v) is 4.29. The normalized spacial score (nSPS) is 11.9. The topological polar surface area (TPSA) is 70.5 Å². The van der Waals surface area contributed by atoms with Gasteiger partial charge in [-0.25, -0.2) is 4.98 Å². The lowest BCUT2D eigenvalue weighted by molar-refractivity contribution is 0.321. The van der Waals surface area contributed by atoms with Crippen LogP contribution in [0.4, 0.5) is 0 Å². The van der Waals surface area contributed by atoms with Crippen molar-refractivity contribution in [2.75, 3.05) is 7.11 Å². The molecule has 0 saturated carbocycles. The van der Waals surface area contributed by atoms with Gasteiger partial charge in [0.1, 0.15) is 5.75 Å². The zero-order valence-electron chi connectivity index (χ0n) is 12.8. The lowest BCUT2D eigenvalue weighted by atomic mass is 10.0. The van der Waals surface area contributed by atoms with E-state index in [0.29, 0.717) is 0 Å². The molecule has 0 saturated heterocycles. The summed E-state index contributed by atoms with van der Waals surface area (Å²) in [6.45, 7) is 2.06. The number of pyridine rings is 1.